The number of unbranched alkanes of at least 4 members (excludes halogenated alkanes) is 2. The molecule has 0 aromatic heterocycles. The second kappa shape index (κ2) is 28.8. The van der Waals surface area contributed by atoms with Gasteiger partial charge in [-0.05, 0) is 94.8 Å². The molecule has 0 aliphatic carbocycles. The number of carbonyl (C=O) groups excluding carboxylic acids is 10. The number of aliphatic hydroxyl groups is 1. The van der Waals surface area contributed by atoms with E-state index < -0.39 is 114 Å². The van der Waals surface area contributed by atoms with Gasteiger partial charge in [-0.2, -0.15) is 0 Å². The largest absolute Gasteiger partial charge is 0.495 e. The first-order valence-electron chi connectivity index (χ1n) is 27.9. The summed E-state index contributed by atoms with van der Waals surface area (Å²) in [5.41, 5.74) is 4.19. The molecule has 4 bridgehead atoms. The molecule has 0 spiro atoms. The van der Waals surface area contributed by atoms with Crippen molar-refractivity contribution in [3.8, 4) is 5.75 Å². The fraction of sp³-hybridized carbons (Fsp3) is 0.552. The molecule has 3 fully saturated rings. The summed E-state index contributed by atoms with van der Waals surface area (Å²) in [6, 6.07) is 6.04. The minimum Gasteiger partial charge on any atom is -0.495 e. The van der Waals surface area contributed by atoms with Crippen LogP contribution in [0.2, 0.25) is 5.02 Å². The topological polar surface area (TPSA) is 336 Å². The Balaban J connectivity index is 1.11. The Morgan fingerprint density at radius 1 is 0.976 bits per heavy atom. The highest BCUT2D eigenvalue weighted by atomic mass is 35.5. The van der Waals surface area contributed by atoms with E-state index in [4.69, 9.17) is 41.0 Å². The predicted molar refractivity (Wildman–Crippen MR) is 306 cm³/mol. The van der Waals surface area contributed by atoms with Crippen molar-refractivity contribution in [1.82, 2.24) is 31.1 Å². The van der Waals surface area contributed by atoms with Gasteiger partial charge in [-0.25, -0.2) is 14.4 Å². The average Bonchev–Trinajstić information content (AvgIpc) is 1.93. The summed E-state index contributed by atoms with van der Waals surface area (Å²) in [7, 11) is 5.76. The molecule has 4 aliphatic heterocycles. The zero-order valence-corrected chi connectivity index (χ0v) is 49.6. The lowest BCUT2D eigenvalue weighted by Gasteiger charge is -2.42. The van der Waals surface area contributed by atoms with Crippen LogP contribution in [0.4, 0.5) is 21.0 Å². The van der Waals surface area contributed by atoms with Gasteiger partial charge in [0.25, 0.3) is 5.91 Å². The molecule has 0 radical (unpaired) electrons. The van der Waals surface area contributed by atoms with E-state index in [-0.39, 0.29) is 79.2 Å². The van der Waals surface area contributed by atoms with Crippen molar-refractivity contribution in [2.45, 2.75) is 147 Å². The van der Waals surface area contributed by atoms with Crippen LogP contribution in [-0.2, 0) is 58.9 Å². The predicted octanol–water partition coefficient (Wildman–Crippen LogP) is 3.77. The molecule has 2 aromatic rings. The number of methoxy groups -OCH3 is 2. The number of amides is 10. The van der Waals surface area contributed by atoms with Crippen molar-refractivity contribution in [3.63, 3.8) is 0 Å². The van der Waals surface area contributed by atoms with Crippen LogP contribution in [0.5, 0.6) is 5.75 Å². The fourth-order valence-corrected chi connectivity index (χ4v) is 10.7. The number of nitrogens with one attached hydrogen (secondary N) is 5. The van der Waals surface area contributed by atoms with Crippen molar-refractivity contribution in [3.05, 3.63) is 76.3 Å². The first kappa shape index (κ1) is 65.5. The van der Waals surface area contributed by atoms with Crippen LogP contribution in [0.3, 0.4) is 0 Å². The molecule has 26 heteroatoms. The number of primary amides is 1. The number of imide groups is 1. The number of alkyl carbamates (subject to hydrolysis) is 1. The van der Waals surface area contributed by atoms with E-state index in [9.17, 15) is 53.1 Å². The van der Waals surface area contributed by atoms with Crippen molar-refractivity contribution < 1.29 is 76.7 Å². The first-order valence-corrected chi connectivity index (χ1v) is 28.3. The molecule has 8 N–H and O–H groups in total. The number of hydrogen-bond acceptors (Lipinski definition) is 16. The van der Waals surface area contributed by atoms with Gasteiger partial charge in [0.1, 0.15) is 46.8 Å². The van der Waals surface area contributed by atoms with Crippen LogP contribution >= 0.6 is 11.6 Å². The SMILES string of the molecule is COc1cc2cc(c1Cl)N(C)C(=O)C[C@H](OC(=O)[C@H](C)N(C)C(=O)c1ccc(NC(=O)C(CCCNC(N)=O)NC(=O)CNC(=O)CCCCCN3C(=O)CC(C)C3=O)cc1)[C@]1(C)OC1[C@H](C)C1C[C@@](O)(NC(=O)O1)[C@H](OC)/C=C/C=C(\C)C2. The van der Waals surface area contributed by atoms with E-state index in [0.717, 1.165) is 16.0 Å². The molecule has 25 nitrogen and oxygen atoms in total. The number of nitrogens with two attached hydrogens (primary N) is 1. The number of ether oxygens (including phenoxy) is 5. The highest BCUT2D eigenvalue weighted by Gasteiger charge is 2.64. The van der Waals surface area contributed by atoms with E-state index in [1.165, 1.54) is 69.3 Å². The maximum absolute atomic E-state index is 14.5. The second-order valence-electron chi connectivity index (χ2n) is 22.0. The van der Waals surface area contributed by atoms with Crippen molar-refractivity contribution in [1.29, 1.82) is 0 Å². The number of carbonyl (C=O) groups is 10. The molecule has 458 valence electrons. The van der Waals surface area contributed by atoms with Gasteiger partial charge in [-0.3, -0.25) is 43.8 Å². The lowest BCUT2D eigenvalue weighted by molar-refractivity contribution is -0.158. The van der Waals surface area contributed by atoms with Crippen LogP contribution in [0.25, 0.3) is 0 Å². The first-order chi connectivity index (χ1) is 39.7. The monoisotopic (exact) mass is 1190 g/mol. The maximum Gasteiger partial charge on any atom is 0.409 e. The molecule has 6 rings (SSSR count). The molecule has 3 saturated heterocycles. The van der Waals surface area contributed by atoms with Gasteiger partial charge in [0, 0.05) is 76.6 Å². The number of benzene rings is 2. The van der Waals surface area contributed by atoms with Gasteiger partial charge in [-0.15, -0.1) is 0 Å². The molecule has 4 heterocycles. The van der Waals surface area contributed by atoms with Gasteiger partial charge in [0.2, 0.25) is 35.4 Å². The Bertz CT molecular complexity index is 2890. The quantitative estimate of drug-likeness (QED) is 0.0405. The molecule has 4 aliphatic rings. The number of halogens is 1. The number of likely N-dealkylation sites (tertiary alicyclic amines) is 1. The minimum atomic E-state index is -1.91. The number of allylic oxidation sites excluding steroid dienone is 3. The highest BCUT2D eigenvalue weighted by Crippen LogP contribution is 2.49. The summed E-state index contributed by atoms with van der Waals surface area (Å²) in [5.74, 6) is -4.83. The summed E-state index contributed by atoms with van der Waals surface area (Å²) in [4.78, 5) is 134. The van der Waals surface area contributed by atoms with E-state index >= 15 is 0 Å². The third-order valence-electron chi connectivity index (χ3n) is 15.7. The third-order valence-corrected chi connectivity index (χ3v) is 16.1. The van der Waals surface area contributed by atoms with Gasteiger partial charge >= 0.3 is 18.1 Å². The highest BCUT2D eigenvalue weighted by molar-refractivity contribution is 6.35. The number of hydrogen-bond donors (Lipinski definition) is 7. The second-order valence-corrected chi connectivity index (χ2v) is 22.4. The molecule has 10 atom stereocenters. The Labute approximate surface area is 493 Å². The van der Waals surface area contributed by atoms with Gasteiger partial charge in [-0.1, -0.05) is 55.7 Å². The Morgan fingerprint density at radius 3 is 2.35 bits per heavy atom. The lowest BCUT2D eigenvalue weighted by Crippen LogP contribution is -2.63. The number of anilines is 2. The van der Waals surface area contributed by atoms with E-state index in [2.05, 4.69) is 26.6 Å². The summed E-state index contributed by atoms with van der Waals surface area (Å²) >= 11 is 6.83. The molecular weight excluding hydrogens is 1110 g/mol. The summed E-state index contributed by atoms with van der Waals surface area (Å²) in [6.07, 6.45) is 2.16. The summed E-state index contributed by atoms with van der Waals surface area (Å²) < 4.78 is 29.5. The molecule has 4 unspecified atom stereocenters. The molecule has 10 amide bonds. The Hall–Kier alpha value is -7.61. The van der Waals surface area contributed by atoms with Gasteiger partial charge in [0.05, 0.1) is 31.9 Å². The molecular formula is C58H78ClN9O16. The smallest absolute Gasteiger partial charge is 0.409 e. The van der Waals surface area contributed by atoms with Crippen LogP contribution < -0.4 is 42.0 Å². The van der Waals surface area contributed by atoms with Gasteiger partial charge in [0.15, 0.2) is 5.72 Å². The minimum absolute atomic E-state index is 0.0547. The third kappa shape index (κ3) is 16.6. The van der Waals surface area contributed by atoms with Crippen LogP contribution in [0, 0.1) is 11.8 Å². The standard InChI is InChI=1S/C58H78ClN9O16/c1-32-15-13-17-43(81-9)58(79)30-42(82-56(78)65-58)34(3)50-57(5,84-50)44(29-47(71)67(7)40-27-36(25-32)28-41(80-8)49(40)59)83-54(76)35(4)66(6)53(75)37-19-21-38(22-20-37)63-51(73)39(16-14-23-61-55(60)77)64-46(70)31-62-45(69)18-11-10-12-24-68-48(72)26-33(2)52(68)74/h13,15,17,19-22,27-28,33-35,39,42-44,50,79H,10-12,14,16,18,23-26,29-31H2,1-9H3,(H,62,69)(H,63,73)(H,64,70)(H,65,78)(H3,60,61,77)/b17-13+,32-15+/t33?,34-,35+,39?,42?,43-,44+,50?,57+,58+/m1/s1. The number of epoxide rings is 1. The molecule has 0 saturated carbocycles. The maximum atomic E-state index is 14.5. The van der Waals surface area contributed by atoms with Gasteiger partial charge < -0.3 is 65.6 Å². The Morgan fingerprint density at radius 2 is 1.69 bits per heavy atom. The zero-order valence-electron chi connectivity index (χ0n) is 48.9. The number of rotatable bonds is 21. The van der Waals surface area contributed by atoms with Crippen LogP contribution in [0.1, 0.15) is 108 Å². The Kier molecular flexibility index (Phi) is 22.5. The fourth-order valence-electron chi connectivity index (χ4n) is 10.4. The molecule has 2 aromatic carbocycles. The van der Waals surface area contributed by atoms with Crippen LogP contribution in [-0.4, -0.2) is 170 Å². The van der Waals surface area contributed by atoms with Crippen molar-refractivity contribution in [2.24, 2.45) is 17.6 Å². The summed E-state index contributed by atoms with van der Waals surface area (Å²) in [5, 5.41) is 24.8. The average molecular weight is 1190 g/mol. The zero-order chi connectivity index (χ0) is 61.8. The number of nitrogens with zero attached hydrogens (tertiary/aromatic N) is 3. The van der Waals surface area contributed by atoms with Crippen molar-refractivity contribution >= 4 is 82.4 Å². The van der Waals surface area contributed by atoms with E-state index in [1.54, 1.807) is 45.1 Å². The number of likely N-dealkylation sites (N-methyl/N-ethyl adjacent to an activating group) is 1. The van der Waals surface area contributed by atoms with Crippen LogP contribution in [0.15, 0.2) is 60.2 Å². The number of urea groups is 1. The number of esters is 1. The lowest BCUT2D eigenvalue weighted by atomic mass is 9.83. The van der Waals surface area contributed by atoms with E-state index in [0.29, 0.717) is 37.1 Å². The van der Waals surface area contributed by atoms with E-state index in [1.807, 2.05) is 13.0 Å². The summed E-state index contributed by atoms with van der Waals surface area (Å²) in [6.45, 7) is 8.38. The normalized spacial score (nSPS) is 26.0. The number of fused-ring (bicyclic) bond motifs is 5. The van der Waals surface area contributed by atoms with Crippen molar-refractivity contribution in [2.75, 3.05) is 58.2 Å². The molecule has 84 heavy (non-hydrogen) atoms.